The Kier molecular flexibility index (Phi) is 7.81. The zero-order valence-corrected chi connectivity index (χ0v) is 21.3. The molecule has 2 aliphatic heterocycles. The molecule has 3 aliphatic rings. The third kappa shape index (κ3) is 5.54. The molecule has 4 rings (SSSR count). The van der Waals surface area contributed by atoms with Crippen molar-refractivity contribution >= 4 is 17.8 Å². The third-order valence-corrected chi connectivity index (χ3v) is 8.57. The molecular formula is C27H40N4O4. The van der Waals surface area contributed by atoms with E-state index in [9.17, 15) is 14.4 Å². The van der Waals surface area contributed by atoms with Crippen LogP contribution >= 0.6 is 0 Å². The van der Waals surface area contributed by atoms with E-state index in [1.807, 2.05) is 18.2 Å². The second-order valence-corrected chi connectivity index (χ2v) is 10.9. The summed E-state index contributed by atoms with van der Waals surface area (Å²) in [6.45, 7) is 9.83. The van der Waals surface area contributed by atoms with E-state index in [4.69, 9.17) is 4.74 Å². The molecule has 4 amide bonds. The maximum absolute atomic E-state index is 13.3. The summed E-state index contributed by atoms with van der Waals surface area (Å²) in [5.41, 5.74) is 0.496. The largest absolute Gasteiger partial charge is 0.379 e. The number of benzene rings is 1. The van der Waals surface area contributed by atoms with Gasteiger partial charge < -0.3 is 15.4 Å². The summed E-state index contributed by atoms with van der Waals surface area (Å²) in [5, 5.41) is 5.92. The number of ether oxygens (including phenoxy) is 1. The number of imide groups is 1. The third-order valence-electron chi connectivity index (χ3n) is 8.57. The zero-order valence-electron chi connectivity index (χ0n) is 21.3. The van der Waals surface area contributed by atoms with Crippen molar-refractivity contribution in [2.75, 3.05) is 39.4 Å². The van der Waals surface area contributed by atoms with Crippen LogP contribution in [0.4, 0.5) is 4.79 Å². The van der Waals surface area contributed by atoms with Crippen LogP contribution < -0.4 is 10.6 Å². The Labute approximate surface area is 208 Å². The number of carbonyl (C=O) groups excluding carboxylic acids is 3. The lowest BCUT2D eigenvalue weighted by molar-refractivity contribution is -0.136. The number of rotatable bonds is 8. The van der Waals surface area contributed by atoms with Crippen molar-refractivity contribution < 1.29 is 19.1 Å². The first-order valence-electron chi connectivity index (χ1n) is 13.0. The number of nitrogens with one attached hydrogen (secondary N) is 2. The number of carbonyl (C=O) groups is 3. The molecule has 8 nitrogen and oxygen atoms in total. The quantitative estimate of drug-likeness (QED) is 0.554. The predicted molar refractivity (Wildman–Crippen MR) is 134 cm³/mol. The summed E-state index contributed by atoms with van der Waals surface area (Å²) < 4.78 is 5.49. The summed E-state index contributed by atoms with van der Waals surface area (Å²) in [6.07, 6.45) is 4.18. The Morgan fingerprint density at radius 1 is 1.17 bits per heavy atom. The molecule has 0 aromatic heterocycles. The van der Waals surface area contributed by atoms with Gasteiger partial charge in [0.1, 0.15) is 12.1 Å². The van der Waals surface area contributed by atoms with Crippen LogP contribution in [0.3, 0.4) is 0 Å². The molecule has 1 atom stereocenters. The molecule has 1 spiro atoms. The highest BCUT2D eigenvalue weighted by atomic mass is 16.5. The highest BCUT2D eigenvalue weighted by molar-refractivity contribution is 6.09. The number of hydrogen-bond donors (Lipinski definition) is 2. The van der Waals surface area contributed by atoms with E-state index < -0.39 is 11.6 Å². The minimum absolute atomic E-state index is 0.00990. The van der Waals surface area contributed by atoms with E-state index in [0.717, 1.165) is 42.8 Å². The zero-order chi connectivity index (χ0) is 25.1. The SMILES string of the molecule is CCC(C)(C)C1CCC2(CC1)NC(=O)N(CC(=O)NCC(c1ccccc1)N1CCOCC1)C2=O. The van der Waals surface area contributed by atoms with Crippen LogP contribution in [0.25, 0.3) is 0 Å². The molecule has 35 heavy (non-hydrogen) atoms. The number of morpholine rings is 1. The van der Waals surface area contributed by atoms with E-state index in [1.54, 1.807) is 0 Å². The molecule has 2 N–H and O–H groups in total. The number of urea groups is 1. The van der Waals surface area contributed by atoms with Crippen LogP contribution in [0.5, 0.6) is 0 Å². The first-order valence-corrected chi connectivity index (χ1v) is 13.0. The van der Waals surface area contributed by atoms with Gasteiger partial charge in [-0.05, 0) is 42.6 Å². The van der Waals surface area contributed by atoms with Crippen LogP contribution in [-0.2, 0) is 14.3 Å². The fourth-order valence-electron chi connectivity index (χ4n) is 5.77. The van der Waals surface area contributed by atoms with Gasteiger partial charge in [-0.1, -0.05) is 57.5 Å². The molecule has 1 aromatic carbocycles. The Hall–Kier alpha value is -2.45. The number of hydrogen-bond acceptors (Lipinski definition) is 5. The molecule has 1 saturated carbocycles. The molecule has 3 fully saturated rings. The van der Waals surface area contributed by atoms with Crippen molar-refractivity contribution in [3.8, 4) is 0 Å². The van der Waals surface area contributed by atoms with Crippen LogP contribution in [0.1, 0.15) is 64.5 Å². The Morgan fingerprint density at radius 3 is 2.46 bits per heavy atom. The number of amides is 4. The second kappa shape index (κ2) is 10.7. The topological polar surface area (TPSA) is 91.0 Å². The smallest absolute Gasteiger partial charge is 0.325 e. The Balaban J connectivity index is 1.35. The van der Waals surface area contributed by atoms with Crippen LogP contribution in [-0.4, -0.2) is 72.6 Å². The van der Waals surface area contributed by atoms with Crippen molar-refractivity contribution in [1.82, 2.24) is 20.4 Å². The maximum atomic E-state index is 13.3. The summed E-state index contributed by atoms with van der Waals surface area (Å²) in [5.74, 6) is -0.0333. The minimum Gasteiger partial charge on any atom is -0.379 e. The second-order valence-electron chi connectivity index (χ2n) is 10.9. The van der Waals surface area contributed by atoms with Crippen molar-refractivity contribution in [2.45, 2.75) is 64.5 Å². The molecule has 0 bridgehead atoms. The first-order chi connectivity index (χ1) is 16.8. The average Bonchev–Trinajstić information content (AvgIpc) is 3.09. The minimum atomic E-state index is -0.849. The predicted octanol–water partition coefficient (Wildman–Crippen LogP) is 3.09. The van der Waals surface area contributed by atoms with E-state index in [-0.39, 0.29) is 29.8 Å². The first kappa shape index (κ1) is 25.6. The maximum Gasteiger partial charge on any atom is 0.325 e. The van der Waals surface area contributed by atoms with Gasteiger partial charge in [0.15, 0.2) is 0 Å². The molecule has 1 aromatic rings. The van der Waals surface area contributed by atoms with Gasteiger partial charge >= 0.3 is 6.03 Å². The average molecular weight is 485 g/mol. The molecule has 2 heterocycles. The van der Waals surface area contributed by atoms with Gasteiger partial charge in [-0.15, -0.1) is 0 Å². The Bertz CT molecular complexity index is 905. The Morgan fingerprint density at radius 2 is 1.83 bits per heavy atom. The van der Waals surface area contributed by atoms with E-state index >= 15 is 0 Å². The van der Waals surface area contributed by atoms with E-state index in [1.165, 1.54) is 0 Å². The van der Waals surface area contributed by atoms with Crippen molar-refractivity contribution in [1.29, 1.82) is 0 Å². The highest BCUT2D eigenvalue weighted by Gasteiger charge is 2.53. The van der Waals surface area contributed by atoms with Crippen LogP contribution in [0, 0.1) is 11.3 Å². The summed E-state index contributed by atoms with van der Waals surface area (Å²) >= 11 is 0. The molecule has 1 aliphatic carbocycles. The van der Waals surface area contributed by atoms with Gasteiger partial charge in [-0.3, -0.25) is 19.4 Å². The van der Waals surface area contributed by atoms with Gasteiger partial charge in [0.2, 0.25) is 5.91 Å². The summed E-state index contributed by atoms with van der Waals surface area (Å²) in [7, 11) is 0. The fourth-order valence-corrected chi connectivity index (χ4v) is 5.77. The van der Waals surface area contributed by atoms with E-state index in [2.05, 4.69) is 48.4 Å². The van der Waals surface area contributed by atoms with Crippen molar-refractivity contribution in [3.63, 3.8) is 0 Å². The monoisotopic (exact) mass is 484 g/mol. The summed E-state index contributed by atoms with van der Waals surface area (Å²) in [4.78, 5) is 42.3. The molecular weight excluding hydrogens is 444 g/mol. The van der Waals surface area contributed by atoms with Gasteiger partial charge in [0.05, 0.1) is 19.3 Å². The van der Waals surface area contributed by atoms with Crippen LogP contribution in [0.15, 0.2) is 30.3 Å². The lowest BCUT2D eigenvalue weighted by Crippen LogP contribution is -2.51. The number of nitrogens with zero attached hydrogens (tertiary/aromatic N) is 2. The van der Waals surface area contributed by atoms with Crippen molar-refractivity contribution in [2.24, 2.45) is 11.3 Å². The fraction of sp³-hybridized carbons (Fsp3) is 0.667. The van der Waals surface area contributed by atoms with Gasteiger partial charge in [-0.25, -0.2) is 4.79 Å². The molecule has 0 radical (unpaired) electrons. The normalized spacial score (nSPS) is 26.6. The summed E-state index contributed by atoms with van der Waals surface area (Å²) in [6, 6.07) is 9.64. The van der Waals surface area contributed by atoms with Crippen LogP contribution in [0.2, 0.25) is 0 Å². The lowest BCUT2D eigenvalue weighted by Gasteiger charge is -2.42. The lowest BCUT2D eigenvalue weighted by atomic mass is 9.65. The molecule has 2 saturated heterocycles. The van der Waals surface area contributed by atoms with Gasteiger partial charge in [0, 0.05) is 19.6 Å². The van der Waals surface area contributed by atoms with Gasteiger partial charge in [-0.2, -0.15) is 0 Å². The molecule has 8 heteroatoms. The molecule has 1 unspecified atom stereocenters. The van der Waals surface area contributed by atoms with E-state index in [0.29, 0.717) is 38.5 Å². The highest BCUT2D eigenvalue weighted by Crippen LogP contribution is 2.45. The van der Waals surface area contributed by atoms with Gasteiger partial charge in [0.25, 0.3) is 5.91 Å². The van der Waals surface area contributed by atoms with Crippen molar-refractivity contribution in [3.05, 3.63) is 35.9 Å². The molecule has 192 valence electrons. The standard InChI is InChI=1S/C27H40N4O4/c1-4-26(2,3)21-10-12-27(13-11-21)24(33)31(25(34)29-27)19-23(32)28-18-22(20-8-6-5-7-9-20)30-14-16-35-17-15-30/h5-9,21-22H,4,10-19H2,1-3H3,(H,28,32)(H,29,34).